The van der Waals surface area contributed by atoms with Gasteiger partial charge < -0.3 is 4.90 Å². The van der Waals surface area contributed by atoms with E-state index in [1.807, 2.05) is 17.0 Å². The lowest BCUT2D eigenvalue weighted by Gasteiger charge is -2.36. The van der Waals surface area contributed by atoms with Gasteiger partial charge >= 0.3 is 0 Å². The summed E-state index contributed by atoms with van der Waals surface area (Å²) in [5.41, 5.74) is 1.44. The zero-order valence-electron chi connectivity index (χ0n) is 18.6. The van der Waals surface area contributed by atoms with Gasteiger partial charge in [0.05, 0.1) is 16.8 Å². The highest BCUT2D eigenvalue weighted by atomic mass is 35.5. The molecule has 4 amide bonds. The summed E-state index contributed by atoms with van der Waals surface area (Å²) in [6.45, 7) is 3.51. The van der Waals surface area contributed by atoms with Crippen molar-refractivity contribution < 1.29 is 23.6 Å². The SMILES string of the molecule is Cl.O=C1C=CC(N2C(=O)c3cc(F)c(N4CCN(CCc5ccncc5)CC4)cc3C2=O)C(=O)N1. The van der Waals surface area contributed by atoms with Gasteiger partial charge in [0.2, 0.25) is 5.91 Å². The molecule has 182 valence electrons. The molecule has 0 saturated carbocycles. The van der Waals surface area contributed by atoms with Crippen molar-refractivity contribution in [1.82, 2.24) is 20.1 Å². The highest BCUT2D eigenvalue weighted by molar-refractivity contribution is 6.24. The lowest BCUT2D eigenvalue weighted by Crippen LogP contribution is -2.51. The summed E-state index contributed by atoms with van der Waals surface area (Å²) in [5, 5.41) is 2.07. The molecule has 1 N–H and O–H groups in total. The van der Waals surface area contributed by atoms with Crippen LogP contribution < -0.4 is 10.2 Å². The van der Waals surface area contributed by atoms with E-state index in [0.717, 1.165) is 43.1 Å². The molecule has 1 fully saturated rings. The fourth-order valence-electron chi connectivity index (χ4n) is 4.52. The highest BCUT2D eigenvalue weighted by Crippen LogP contribution is 2.32. The van der Waals surface area contributed by atoms with E-state index in [4.69, 9.17) is 0 Å². The normalized spacial score (nSPS) is 20.1. The highest BCUT2D eigenvalue weighted by Gasteiger charge is 2.44. The summed E-state index contributed by atoms with van der Waals surface area (Å²) in [6.07, 6.45) is 6.74. The third-order valence-corrected chi connectivity index (χ3v) is 6.39. The molecule has 0 spiro atoms. The number of aromatic nitrogens is 1. The van der Waals surface area contributed by atoms with Crippen molar-refractivity contribution in [3.8, 4) is 0 Å². The number of fused-ring (bicyclic) bond motifs is 1. The quantitative estimate of drug-likeness (QED) is 0.616. The van der Waals surface area contributed by atoms with Crippen LogP contribution >= 0.6 is 12.4 Å². The van der Waals surface area contributed by atoms with Crippen LogP contribution in [0.25, 0.3) is 0 Å². The maximum atomic E-state index is 15.0. The van der Waals surface area contributed by atoms with Gasteiger partial charge in [0, 0.05) is 51.2 Å². The molecule has 1 saturated heterocycles. The monoisotopic (exact) mass is 499 g/mol. The molecule has 9 nitrogen and oxygen atoms in total. The number of anilines is 1. The van der Waals surface area contributed by atoms with Gasteiger partial charge in [-0.15, -0.1) is 12.4 Å². The fraction of sp³-hybridized carbons (Fsp3) is 0.292. The standard InChI is InChI=1S/C24H22FN5O4.ClH/c25-18-13-16-17(24(34)30(23(16)33)19-1-2-21(31)27-22(19)32)14-20(18)29-11-9-28(10-12-29)8-5-15-3-6-26-7-4-15;/h1-4,6-7,13-14,19H,5,8-12H2,(H,27,31,32);1H. The van der Waals surface area contributed by atoms with Crippen molar-refractivity contribution in [2.75, 3.05) is 37.6 Å². The number of amides is 4. The number of piperazine rings is 1. The van der Waals surface area contributed by atoms with Gasteiger partial charge in [-0.2, -0.15) is 0 Å². The molecule has 0 bridgehead atoms. The van der Waals surface area contributed by atoms with Crippen molar-refractivity contribution >= 4 is 41.7 Å². The number of benzene rings is 1. The molecule has 1 atom stereocenters. The molecular weight excluding hydrogens is 477 g/mol. The Hall–Kier alpha value is -3.63. The first-order valence-corrected chi connectivity index (χ1v) is 11.0. The average molecular weight is 500 g/mol. The van der Waals surface area contributed by atoms with E-state index in [1.165, 1.54) is 17.7 Å². The molecule has 1 unspecified atom stereocenters. The third-order valence-electron chi connectivity index (χ3n) is 6.39. The minimum Gasteiger partial charge on any atom is -0.367 e. The van der Waals surface area contributed by atoms with Gasteiger partial charge in [0.1, 0.15) is 11.9 Å². The summed E-state index contributed by atoms with van der Waals surface area (Å²) < 4.78 is 15.0. The van der Waals surface area contributed by atoms with Gasteiger partial charge in [-0.25, -0.2) is 4.39 Å². The number of nitrogens with zero attached hydrogens (tertiary/aromatic N) is 4. The Morgan fingerprint density at radius 2 is 1.63 bits per heavy atom. The van der Waals surface area contributed by atoms with Crippen molar-refractivity contribution in [3.05, 3.63) is 71.3 Å². The Labute approximate surface area is 207 Å². The van der Waals surface area contributed by atoms with Crippen molar-refractivity contribution in [3.63, 3.8) is 0 Å². The van der Waals surface area contributed by atoms with E-state index in [0.29, 0.717) is 13.1 Å². The van der Waals surface area contributed by atoms with E-state index in [9.17, 15) is 19.2 Å². The Balaban J connectivity index is 0.00000289. The van der Waals surface area contributed by atoms with Crippen LogP contribution in [0.4, 0.5) is 10.1 Å². The molecule has 0 radical (unpaired) electrons. The number of carbonyl (C=O) groups excluding carboxylic acids is 4. The first kappa shape index (κ1) is 24.5. The molecule has 0 aliphatic carbocycles. The Morgan fingerprint density at radius 1 is 0.971 bits per heavy atom. The molecule has 4 heterocycles. The summed E-state index contributed by atoms with van der Waals surface area (Å²) in [7, 11) is 0. The van der Waals surface area contributed by atoms with Crippen molar-refractivity contribution in [2.45, 2.75) is 12.5 Å². The zero-order valence-corrected chi connectivity index (χ0v) is 19.5. The fourth-order valence-corrected chi connectivity index (χ4v) is 4.52. The lowest BCUT2D eigenvalue weighted by atomic mass is 10.1. The van der Waals surface area contributed by atoms with Crippen LogP contribution in [0.15, 0.2) is 48.8 Å². The molecule has 2 aromatic rings. The molecule has 35 heavy (non-hydrogen) atoms. The summed E-state index contributed by atoms with van der Waals surface area (Å²) in [5.74, 6) is -3.43. The molecule has 11 heteroatoms. The molecule has 1 aromatic heterocycles. The van der Waals surface area contributed by atoms with Crippen molar-refractivity contribution in [1.29, 1.82) is 0 Å². The van der Waals surface area contributed by atoms with Crippen LogP contribution in [0.5, 0.6) is 0 Å². The van der Waals surface area contributed by atoms with Crippen LogP contribution in [0.1, 0.15) is 26.3 Å². The van der Waals surface area contributed by atoms with Gasteiger partial charge in [-0.05, 0) is 42.3 Å². The van der Waals surface area contributed by atoms with Crippen LogP contribution in [0, 0.1) is 5.82 Å². The van der Waals surface area contributed by atoms with Gasteiger partial charge in [0.25, 0.3) is 17.7 Å². The van der Waals surface area contributed by atoms with E-state index < -0.39 is 35.5 Å². The third kappa shape index (κ3) is 4.67. The topological polar surface area (TPSA) is 103 Å². The summed E-state index contributed by atoms with van der Waals surface area (Å²) in [4.78, 5) is 58.3. The Bertz CT molecular complexity index is 1210. The van der Waals surface area contributed by atoms with E-state index in [-0.39, 0.29) is 29.2 Å². The number of halogens is 2. The largest absolute Gasteiger partial charge is 0.367 e. The number of hydrogen-bond acceptors (Lipinski definition) is 7. The van der Waals surface area contributed by atoms with E-state index in [1.54, 1.807) is 12.4 Å². The van der Waals surface area contributed by atoms with E-state index >= 15 is 4.39 Å². The Morgan fingerprint density at radius 3 is 2.29 bits per heavy atom. The number of pyridine rings is 1. The molecule has 1 aromatic carbocycles. The van der Waals surface area contributed by atoms with Crippen LogP contribution in [0.2, 0.25) is 0 Å². The lowest BCUT2D eigenvalue weighted by molar-refractivity contribution is -0.130. The zero-order chi connectivity index (χ0) is 23.8. The minimum atomic E-state index is -1.25. The Kier molecular flexibility index (Phi) is 6.95. The van der Waals surface area contributed by atoms with Crippen LogP contribution in [-0.4, -0.2) is 77.2 Å². The van der Waals surface area contributed by atoms with Crippen LogP contribution in [-0.2, 0) is 16.0 Å². The summed E-state index contributed by atoms with van der Waals surface area (Å²) >= 11 is 0. The van der Waals surface area contributed by atoms with E-state index in [2.05, 4.69) is 15.2 Å². The predicted molar refractivity (Wildman–Crippen MR) is 127 cm³/mol. The number of nitrogens with one attached hydrogen (secondary N) is 1. The smallest absolute Gasteiger partial charge is 0.262 e. The summed E-state index contributed by atoms with van der Waals surface area (Å²) in [6, 6.07) is 5.19. The second kappa shape index (κ2) is 9.93. The first-order chi connectivity index (χ1) is 16.4. The van der Waals surface area contributed by atoms with Crippen LogP contribution in [0.3, 0.4) is 0 Å². The second-order valence-corrected chi connectivity index (χ2v) is 8.42. The molecular formula is C24H23ClFN5O4. The number of imide groups is 2. The van der Waals surface area contributed by atoms with Crippen molar-refractivity contribution in [2.24, 2.45) is 0 Å². The maximum absolute atomic E-state index is 15.0. The molecule has 3 aliphatic rings. The number of rotatable bonds is 5. The predicted octanol–water partition coefficient (Wildman–Crippen LogP) is 1.18. The average Bonchev–Trinajstić information content (AvgIpc) is 3.07. The second-order valence-electron chi connectivity index (χ2n) is 8.42. The van der Waals surface area contributed by atoms with Gasteiger partial charge in [-0.3, -0.25) is 39.3 Å². The molecule has 5 rings (SSSR count). The van der Waals surface area contributed by atoms with Gasteiger partial charge in [-0.1, -0.05) is 0 Å². The van der Waals surface area contributed by atoms with Gasteiger partial charge in [0.15, 0.2) is 0 Å². The first-order valence-electron chi connectivity index (χ1n) is 11.0. The number of carbonyl (C=O) groups is 4. The number of hydrogen-bond donors (Lipinski definition) is 1. The molecule has 3 aliphatic heterocycles. The maximum Gasteiger partial charge on any atom is 0.262 e. The minimum absolute atomic E-state index is 0.